The van der Waals surface area contributed by atoms with Crippen molar-refractivity contribution in [3.05, 3.63) is 0 Å². The summed E-state index contributed by atoms with van der Waals surface area (Å²) in [6.45, 7) is 0.125. The number of hydrogen-bond donors (Lipinski definition) is 2. The van der Waals surface area contributed by atoms with Crippen LogP contribution in [0.25, 0.3) is 0 Å². The SMILES string of the molecule is NC(CO)CSC1CCCCC1. The Morgan fingerprint density at radius 2 is 2.00 bits per heavy atom. The highest BCUT2D eigenvalue weighted by Crippen LogP contribution is 2.28. The molecule has 0 saturated heterocycles. The summed E-state index contributed by atoms with van der Waals surface area (Å²) in [5.41, 5.74) is 5.62. The van der Waals surface area contributed by atoms with Crippen LogP contribution in [0.15, 0.2) is 0 Å². The van der Waals surface area contributed by atoms with Crippen LogP contribution in [-0.4, -0.2) is 28.8 Å². The van der Waals surface area contributed by atoms with E-state index in [1.165, 1.54) is 32.1 Å². The average molecular weight is 189 g/mol. The zero-order valence-electron chi connectivity index (χ0n) is 7.54. The highest BCUT2D eigenvalue weighted by Gasteiger charge is 2.14. The van der Waals surface area contributed by atoms with Gasteiger partial charge in [-0.05, 0) is 12.8 Å². The summed E-state index contributed by atoms with van der Waals surface area (Å²) in [6.07, 6.45) is 6.87. The number of rotatable bonds is 4. The summed E-state index contributed by atoms with van der Waals surface area (Å²) in [4.78, 5) is 0. The zero-order valence-corrected chi connectivity index (χ0v) is 8.35. The van der Waals surface area contributed by atoms with Gasteiger partial charge in [0.05, 0.1) is 6.61 Å². The van der Waals surface area contributed by atoms with Crippen LogP contribution in [0.5, 0.6) is 0 Å². The minimum atomic E-state index is -0.0167. The summed E-state index contributed by atoms with van der Waals surface area (Å²) in [6, 6.07) is -0.0167. The molecular weight excluding hydrogens is 170 g/mol. The predicted molar refractivity (Wildman–Crippen MR) is 54.4 cm³/mol. The molecular formula is C9H19NOS. The molecule has 0 spiro atoms. The van der Waals surface area contributed by atoms with E-state index in [1.807, 2.05) is 11.8 Å². The Balaban J connectivity index is 2.05. The lowest BCUT2D eigenvalue weighted by Crippen LogP contribution is -2.28. The molecule has 1 unspecified atom stereocenters. The van der Waals surface area contributed by atoms with Gasteiger partial charge < -0.3 is 10.8 Å². The van der Waals surface area contributed by atoms with Gasteiger partial charge in [-0.1, -0.05) is 19.3 Å². The van der Waals surface area contributed by atoms with Crippen molar-refractivity contribution in [3.8, 4) is 0 Å². The van der Waals surface area contributed by atoms with Crippen LogP contribution in [0.1, 0.15) is 32.1 Å². The van der Waals surface area contributed by atoms with Crippen LogP contribution in [0.2, 0.25) is 0 Å². The highest BCUT2D eigenvalue weighted by molar-refractivity contribution is 7.99. The first-order valence-corrected chi connectivity index (χ1v) is 5.86. The van der Waals surface area contributed by atoms with E-state index >= 15 is 0 Å². The van der Waals surface area contributed by atoms with Crippen molar-refractivity contribution in [1.29, 1.82) is 0 Å². The minimum absolute atomic E-state index is 0.0167. The van der Waals surface area contributed by atoms with Crippen molar-refractivity contribution in [2.75, 3.05) is 12.4 Å². The van der Waals surface area contributed by atoms with E-state index in [1.54, 1.807) is 0 Å². The number of nitrogens with two attached hydrogens (primary N) is 1. The fourth-order valence-electron chi connectivity index (χ4n) is 1.54. The molecule has 3 heteroatoms. The lowest BCUT2D eigenvalue weighted by atomic mass is 10.0. The molecule has 1 aliphatic carbocycles. The third-order valence-corrected chi connectivity index (χ3v) is 3.90. The predicted octanol–water partition coefficient (Wildman–Crippen LogP) is 1.37. The molecule has 1 rings (SSSR count). The Morgan fingerprint density at radius 3 is 2.58 bits per heavy atom. The molecule has 1 atom stereocenters. The van der Waals surface area contributed by atoms with Gasteiger partial charge >= 0.3 is 0 Å². The molecule has 3 N–H and O–H groups in total. The van der Waals surface area contributed by atoms with E-state index < -0.39 is 0 Å². The van der Waals surface area contributed by atoms with Gasteiger partial charge in [-0.15, -0.1) is 0 Å². The van der Waals surface area contributed by atoms with Crippen molar-refractivity contribution in [2.24, 2.45) is 5.73 Å². The van der Waals surface area contributed by atoms with Gasteiger partial charge in [-0.25, -0.2) is 0 Å². The molecule has 0 aromatic rings. The first-order chi connectivity index (χ1) is 5.83. The van der Waals surface area contributed by atoms with E-state index in [0.29, 0.717) is 0 Å². The van der Waals surface area contributed by atoms with E-state index in [0.717, 1.165) is 11.0 Å². The van der Waals surface area contributed by atoms with Crippen molar-refractivity contribution in [3.63, 3.8) is 0 Å². The number of thioether (sulfide) groups is 1. The van der Waals surface area contributed by atoms with E-state index in [9.17, 15) is 0 Å². The van der Waals surface area contributed by atoms with Crippen LogP contribution in [0, 0.1) is 0 Å². The number of hydrogen-bond acceptors (Lipinski definition) is 3. The molecule has 0 heterocycles. The maximum Gasteiger partial charge on any atom is 0.0590 e. The zero-order chi connectivity index (χ0) is 8.81. The van der Waals surface area contributed by atoms with Gasteiger partial charge in [0, 0.05) is 17.0 Å². The topological polar surface area (TPSA) is 46.2 Å². The van der Waals surface area contributed by atoms with Crippen LogP contribution >= 0.6 is 11.8 Å². The third-order valence-electron chi connectivity index (χ3n) is 2.33. The Labute approximate surface area is 78.9 Å². The van der Waals surface area contributed by atoms with Crippen molar-refractivity contribution in [2.45, 2.75) is 43.4 Å². The van der Waals surface area contributed by atoms with E-state index in [4.69, 9.17) is 10.8 Å². The second-order valence-corrected chi connectivity index (χ2v) is 4.87. The lowest BCUT2D eigenvalue weighted by Gasteiger charge is -2.21. The quantitative estimate of drug-likeness (QED) is 0.702. The summed E-state index contributed by atoms with van der Waals surface area (Å²) in [7, 11) is 0. The third kappa shape index (κ3) is 3.78. The Hall–Kier alpha value is 0.270. The molecule has 0 aromatic heterocycles. The largest absolute Gasteiger partial charge is 0.395 e. The fraction of sp³-hybridized carbons (Fsp3) is 1.00. The standard InChI is InChI=1S/C9H19NOS/c10-8(6-11)7-12-9-4-2-1-3-5-9/h8-9,11H,1-7,10H2. The highest BCUT2D eigenvalue weighted by atomic mass is 32.2. The molecule has 0 radical (unpaired) electrons. The first kappa shape index (κ1) is 10.4. The molecule has 12 heavy (non-hydrogen) atoms. The second kappa shape index (κ2) is 5.84. The number of aliphatic hydroxyl groups is 1. The first-order valence-electron chi connectivity index (χ1n) is 4.81. The van der Waals surface area contributed by atoms with Gasteiger partial charge in [0.25, 0.3) is 0 Å². The second-order valence-electron chi connectivity index (χ2n) is 3.54. The Morgan fingerprint density at radius 1 is 1.33 bits per heavy atom. The molecule has 0 aliphatic heterocycles. The molecule has 1 aliphatic rings. The smallest absolute Gasteiger partial charge is 0.0590 e. The molecule has 72 valence electrons. The molecule has 1 saturated carbocycles. The van der Waals surface area contributed by atoms with Crippen molar-refractivity contribution < 1.29 is 5.11 Å². The van der Waals surface area contributed by atoms with Gasteiger partial charge in [-0.3, -0.25) is 0 Å². The molecule has 2 nitrogen and oxygen atoms in total. The molecule has 0 aromatic carbocycles. The minimum Gasteiger partial charge on any atom is -0.395 e. The normalized spacial score (nSPS) is 22.5. The maximum atomic E-state index is 8.73. The van der Waals surface area contributed by atoms with Gasteiger partial charge in [-0.2, -0.15) is 11.8 Å². The summed E-state index contributed by atoms with van der Waals surface area (Å²) < 4.78 is 0. The van der Waals surface area contributed by atoms with Crippen LogP contribution in [-0.2, 0) is 0 Å². The summed E-state index contributed by atoms with van der Waals surface area (Å²) in [5.74, 6) is 0.918. The summed E-state index contributed by atoms with van der Waals surface area (Å²) >= 11 is 1.95. The van der Waals surface area contributed by atoms with Crippen molar-refractivity contribution >= 4 is 11.8 Å². The Bertz CT molecular complexity index is 115. The molecule has 0 bridgehead atoms. The maximum absolute atomic E-state index is 8.73. The van der Waals surface area contributed by atoms with Crippen LogP contribution in [0.3, 0.4) is 0 Å². The van der Waals surface area contributed by atoms with Gasteiger partial charge in [0.15, 0.2) is 0 Å². The van der Waals surface area contributed by atoms with Crippen LogP contribution in [0.4, 0.5) is 0 Å². The van der Waals surface area contributed by atoms with Crippen LogP contribution < -0.4 is 5.73 Å². The van der Waals surface area contributed by atoms with Gasteiger partial charge in [0.2, 0.25) is 0 Å². The molecule has 0 amide bonds. The van der Waals surface area contributed by atoms with E-state index in [2.05, 4.69) is 0 Å². The Kier molecular flexibility index (Phi) is 5.04. The molecule has 1 fully saturated rings. The van der Waals surface area contributed by atoms with E-state index in [-0.39, 0.29) is 12.6 Å². The number of aliphatic hydroxyl groups excluding tert-OH is 1. The summed E-state index contributed by atoms with van der Waals surface area (Å²) in [5, 5.41) is 9.54. The van der Waals surface area contributed by atoms with Gasteiger partial charge in [0.1, 0.15) is 0 Å². The van der Waals surface area contributed by atoms with Crippen molar-refractivity contribution in [1.82, 2.24) is 0 Å². The fourth-order valence-corrected chi connectivity index (χ4v) is 2.84. The lowest BCUT2D eigenvalue weighted by molar-refractivity contribution is 0.275. The monoisotopic (exact) mass is 189 g/mol. The average Bonchev–Trinajstić information content (AvgIpc) is 2.16.